The Balaban J connectivity index is 2.82. The summed E-state index contributed by atoms with van der Waals surface area (Å²) >= 11 is 0. The molecule has 0 aromatic rings. The predicted molar refractivity (Wildman–Crippen MR) is 26.7 cm³/mol. The Morgan fingerprint density at radius 1 is 1.86 bits per heavy atom. The van der Waals surface area contributed by atoms with E-state index in [9.17, 15) is 4.39 Å². The maximum Gasteiger partial charge on any atom is 0.118 e. The molecule has 0 aliphatic carbocycles. The SMILES string of the molecule is C=C(F)COCC. The fraction of sp³-hybridized carbons (Fsp3) is 0.600. The Morgan fingerprint density at radius 2 is 2.43 bits per heavy atom. The monoisotopic (exact) mass is 104 g/mol. The minimum absolute atomic E-state index is 0.0382. The van der Waals surface area contributed by atoms with Crippen molar-refractivity contribution in [2.75, 3.05) is 13.2 Å². The Bertz CT molecular complexity index is 61.1. The van der Waals surface area contributed by atoms with Crippen molar-refractivity contribution in [2.45, 2.75) is 6.92 Å². The summed E-state index contributed by atoms with van der Waals surface area (Å²) in [5.74, 6) is -0.415. The van der Waals surface area contributed by atoms with Gasteiger partial charge in [-0.1, -0.05) is 6.58 Å². The third kappa shape index (κ3) is 5.63. The number of hydrogen-bond acceptors (Lipinski definition) is 1. The van der Waals surface area contributed by atoms with E-state index in [1.807, 2.05) is 6.92 Å². The lowest BCUT2D eigenvalue weighted by Gasteiger charge is -1.92. The zero-order valence-electron chi connectivity index (χ0n) is 4.41. The van der Waals surface area contributed by atoms with Crippen LogP contribution in [0, 0.1) is 0 Å². The molecule has 0 heterocycles. The van der Waals surface area contributed by atoms with E-state index in [1.54, 1.807) is 0 Å². The first-order valence-corrected chi connectivity index (χ1v) is 2.18. The molecule has 0 bridgehead atoms. The smallest absolute Gasteiger partial charge is 0.118 e. The number of rotatable bonds is 3. The van der Waals surface area contributed by atoms with Gasteiger partial charge in [-0.15, -0.1) is 0 Å². The van der Waals surface area contributed by atoms with Crippen molar-refractivity contribution in [1.82, 2.24) is 0 Å². The molecule has 1 nitrogen and oxygen atoms in total. The minimum atomic E-state index is -0.415. The van der Waals surface area contributed by atoms with E-state index in [0.717, 1.165) is 0 Å². The Kier molecular flexibility index (Phi) is 3.61. The molecule has 0 aromatic heterocycles. The van der Waals surface area contributed by atoms with Crippen LogP contribution in [0.3, 0.4) is 0 Å². The van der Waals surface area contributed by atoms with Crippen LogP contribution in [0.2, 0.25) is 0 Å². The topological polar surface area (TPSA) is 9.23 Å². The van der Waals surface area contributed by atoms with Gasteiger partial charge in [-0.25, -0.2) is 4.39 Å². The maximum atomic E-state index is 11.6. The molecule has 0 aromatic carbocycles. The molecule has 0 fully saturated rings. The van der Waals surface area contributed by atoms with Gasteiger partial charge in [0.05, 0.1) is 6.61 Å². The highest BCUT2D eigenvalue weighted by molar-refractivity contribution is 4.77. The lowest BCUT2D eigenvalue weighted by Crippen LogP contribution is -1.91. The van der Waals surface area contributed by atoms with Crippen LogP contribution in [0.15, 0.2) is 12.4 Å². The number of halogens is 1. The lowest BCUT2D eigenvalue weighted by atomic mass is 10.6. The fourth-order valence-corrected chi connectivity index (χ4v) is 0.213. The second-order valence-electron chi connectivity index (χ2n) is 1.15. The molecule has 0 saturated heterocycles. The first kappa shape index (κ1) is 6.63. The van der Waals surface area contributed by atoms with Crippen LogP contribution >= 0.6 is 0 Å². The standard InChI is InChI=1S/C5H9FO/c1-3-7-4-5(2)6/h2-4H2,1H3. The summed E-state index contributed by atoms with van der Waals surface area (Å²) in [7, 11) is 0. The highest BCUT2D eigenvalue weighted by Crippen LogP contribution is 1.89. The summed E-state index contributed by atoms with van der Waals surface area (Å²) in [5.41, 5.74) is 0. The number of hydrogen-bond donors (Lipinski definition) is 0. The normalized spacial score (nSPS) is 8.86. The van der Waals surface area contributed by atoms with Gasteiger partial charge in [0.15, 0.2) is 0 Å². The molecule has 0 N–H and O–H groups in total. The van der Waals surface area contributed by atoms with Gasteiger partial charge < -0.3 is 4.74 Å². The van der Waals surface area contributed by atoms with Gasteiger partial charge in [0.1, 0.15) is 5.83 Å². The molecule has 0 rings (SSSR count). The van der Waals surface area contributed by atoms with Crippen LogP contribution in [0.4, 0.5) is 4.39 Å². The third-order valence-corrected chi connectivity index (χ3v) is 0.463. The van der Waals surface area contributed by atoms with Crippen molar-refractivity contribution in [2.24, 2.45) is 0 Å². The quantitative estimate of drug-likeness (QED) is 0.527. The zero-order valence-corrected chi connectivity index (χ0v) is 4.41. The molecular weight excluding hydrogens is 95.1 g/mol. The van der Waals surface area contributed by atoms with E-state index in [-0.39, 0.29) is 6.61 Å². The third-order valence-electron chi connectivity index (χ3n) is 0.463. The molecule has 0 amide bonds. The zero-order chi connectivity index (χ0) is 5.70. The van der Waals surface area contributed by atoms with Gasteiger partial charge in [0.2, 0.25) is 0 Å². The average molecular weight is 104 g/mol. The lowest BCUT2D eigenvalue weighted by molar-refractivity contribution is 0.156. The minimum Gasteiger partial charge on any atom is -0.375 e. The van der Waals surface area contributed by atoms with E-state index in [1.165, 1.54) is 0 Å². The summed E-state index contributed by atoms with van der Waals surface area (Å²) in [6.07, 6.45) is 0. The second-order valence-corrected chi connectivity index (χ2v) is 1.15. The largest absolute Gasteiger partial charge is 0.375 e. The van der Waals surface area contributed by atoms with E-state index in [4.69, 9.17) is 0 Å². The second kappa shape index (κ2) is 3.81. The van der Waals surface area contributed by atoms with E-state index in [0.29, 0.717) is 6.61 Å². The Hall–Kier alpha value is -0.370. The highest BCUT2D eigenvalue weighted by Gasteiger charge is 1.84. The van der Waals surface area contributed by atoms with Crippen LogP contribution in [0.1, 0.15) is 6.92 Å². The van der Waals surface area contributed by atoms with Gasteiger partial charge in [-0.3, -0.25) is 0 Å². The molecule has 42 valence electrons. The van der Waals surface area contributed by atoms with Crippen LogP contribution in [-0.2, 0) is 4.74 Å². The van der Waals surface area contributed by atoms with Crippen molar-refractivity contribution in [3.05, 3.63) is 12.4 Å². The molecule has 0 saturated carbocycles. The summed E-state index contributed by atoms with van der Waals surface area (Å²) in [4.78, 5) is 0. The molecule has 0 unspecified atom stereocenters. The van der Waals surface area contributed by atoms with E-state index >= 15 is 0 Å². The van der Waals surface area contributed by atoms with Gasteiger partial charge in [-0.2, -0.15) is 0 Å². The van der Waals surface area contributed by atoms with E-state index < -0.39 is 5.83 Å². The predicted octanol–water partition coefficient (Wildman–Crippen LogP) is 1.51. The molecule has 0 atom stereocenters. The van der Waals surface area contributed by atoms with Crippen molar-refractivity contribution >= 4 is 0 Å². The maximum absolute atomic E-state index is 11.6. The van der Waals surface area contributed by atoms with Gasteiger partial charge >= 0.3 is 0 Å². The van der Waals surface area contributed by atoms with Crippen LogP contribution in [0.5, 0.6) is 0 Å². The van der Waals surface area contributed by atoms with Crippen LogP contribution in [0.25, 0.3) is 0 Å². The molecule has 0 spiro atoms. The van der Waals surface area contributed by atoms with Gasteiger partial charge in [0, 0.05) is 6.61 Å². The molecule has 0 aliphatic heterocycles. The summed E-state index contributed by atoms with van der Waals surface area (Å²) < 4.78 is 16.2. The number of ether oxygens (including phenoxy) is 1. The molecule has 0 aliphatic rings. The average Bonchev–Trinajstić information content (AvgIpc) is 1.61. The first-order valence-electron chi connectivity index (χ1n) is 2.18. The van der Waals surface area contributed by atoms with Crippen LogP contribution in [-0.4, -0.2) is 13.2 Å². The van der Waals surface area contributed by atoms with Crippen molar-refractivity contribution in [3.8, 4) is 0 Å². The molecule has 7 heavy (non-hydrogen) atoms. The molecule has 0 radical (unpaired) electrons. The molecule has 2 heteroatoms. The Labute approximate surface area is 42.8 Å². The summed E-state index contributed by atoms with van der Waals surface area (Å²) in [6, 6.07) is 0. The fourth-order valence-electron chi connectivity index (χ4n) is 0.213. The van der Waals surface area contributed by atoms with Crippen molar-refractivity contribution in [1.29, 1.82) is 0 Å². The van der Waals surface area contributed by atoms with Crippen LogP contribution < -0.4 is 0 Å². The molecular formula is C5H9FO. The van der Waals surface area contributed by atoms with Crippen molar-refractivity contribution < 1.29 is 9.13 Å². The summed E-state index contributed by atoms with van der Waals surface area (Å²) in [6.45, 7) is 5.39. The first-order chi connectivity index (χ1) is 3.27. The van der Waals surface area contributed by atoms with Crippen molar-refractivity contribution in [3.63, 3.8) is 0 Å². The summed E-state index contributed by atoms with van der Waals surface area (Å²) in [5, 5.41) is 0. The van der Waals surface area contributed by atoms with E-state index in [2.05, 4.69) is 11.3 Å². The Morgan fingerprint density at radius 3 is 2.57 bits per heavy atom. The highest BCUT2D eigenvalue weighted by atomic mass is 19.1. The van der Waals surface area contributed by atoms with Gasteiger partial charge in [0.25, 0.3) is 0 Å². The van der Waals surface area contributed by atoms with Gasteiger partial charge in [-0.05, 0) is 6.92 Å².